The minimum atomic E-state index is -0.851. The molecule has 1 aromatic rings. The summed E-state index contributed by atoms with van der Waals surface area (Å²) in [6.07, 6.45) is 0. The lowest BCUT2D eigenvalue weighted by Gasteiger charge is -2.31. The molecule has 8 heteroatoms. The zero-order valence-electron chi connectivity index (χ0n) is 14.6. The van der Waals surface area contributed by atoms with Crippen molar-refractivity contribution in [3.05, 3.63) is 45.1 Å². The molecule has 0 fully saturated rings. The first-order chi connectivity index (χ1) is 12.3. The van der Waals surface area contributed by atoms with Gasteiger partial charge < -0.3 is 14.6 Å². The molecule has 0 spiro atoms. The van der Waals surface area contributed by atoms with E-state index in [0.29, 0.717) is 22.0 Å². The molecule has 6 nitrogen and oxygen atoms in total. The Morgan fingerprint density at radius 3 is 2.58 bits per heavy atom. The van der Waals surface area contributed by atoms with Crippen LogP contribution in [-0.4, -0.2) is 43.1 Å². The average Bonchev–Trinajstić information content (AvgIpc) is 2.60. The largest absolute Gasteiger partial charge is 0.468 e. The summed E-state index contributed by atoms with van der Waals surface area (Å²) >= 11 is 12.5. The number of methoxy groups -OCH3 is 1. The molecular formula is C18H19Cl2NO5. The lowest BCUT2D eigenvalue weighted by Crippen LogP contribution is -2.36. The highest BCUT2D eigenvalue weighted by Crippen LogP contribution is 2.44. The van der Waals surface area contributed by atoms with E-state index in [2.05, 4.69) is 4.99 Å². The van der Waals surface area contributed by atoms with E-state index in [1.165, 1.54) is 7.11 Å². The molecule has 1 aliphatic heterocycles. The molecular weight excluding hydrogens is 381 g/mol. The summed E-state index contributed by atoms with van der Waals surface area (Å²) in [7, 11) is 1.27. The third kappa shape index (κ3) is 3.92. The van der Waals surface area contributed by atoms with Crippen molar-refractivity contribution in [1.29, 1.82) is 0 Å². The van der Waals surface area contributed by atoms with E-state index in [1.807, 2.05) is 0 Å². The molecule has 140 valence electrons. The van der Waals surface area contributed by atoms with Gasteiger partial charge in [0.2, 0.25) is 0 Å². The molecule has 0 amide bonds. The molecule has 1 N–H and O–H groups in total. The van der Waals surface area contributed by atoms with Crippen molar-refractivity contribution in [1.82, 2.24) is 0 Å². The van der Waals surface area contributed by atoms with Crippen LogP contribution in [0.4, 0.5) is 0 Å². The Labute approximate surface area is 161 Å². The van der Waals surface area contributed by atoms with E-state index in [9.17, 15) is 9.59 Å². The summed E-state index contributed by atoms with van der Waals surface area (Å²) in [4.78, 5) is 29.4. The van der Waals surface area contributed by atoms with E-state index in [1.54, 1.807) is 32.0 Å². The van der Waals surface area contributed by atoms with Gasteiger partial charge in [-0.25, -0.2) is 4.79 Å². The van der Waals surface area contributed by atoms with E-state index in [-0.39, 0.29) is 23.8 Å². The van der Waals surface area contributed by atoms with Gasteiger partial charge in [0.25, 0.3) is 0 Å². The number of ether oxygens (including phenoxy) is 2. The number of esters is 2. The van der Waals surface area contributed by atoms with Crippen molar-refractivity contribution in [3.63, 3.8) is 0 Å². The van der Waals surface area contributed by atoms with E-state index in [0.717, 1.165) is 0 Å². The van der Waals surface area contributed by atoms with Gasteiger partial charge in [0.05, 0.1) is 29.3 Å². The first kappa shape index (κ1) is 20.4. The molecule has 2 atom stereocenters. The molecule has 0 bridgehead atoms. The molecule has 26 heavy (non-hydrogen) atoms. The van der Waals surface area contributed by atoms with Crippen LogP contribution in [0, 0.1) is 5.92 Å². The number of carbonyl (C=O) groups is 2. The zero-order chi connectivity index (χ0) is 19.4. The summed E-state index contributed by atoms with van der Waals surface area (Å²) in [5.41, 5.74) is 1.59. The number of rotatable bonds is 5. The van der Waals surface area contributed by atoms with Crippen molar-refractivity contribution in [2.24, 2.45) is 10.9 Å². The second kappa shape index (κ2) is 8.66. The topological polar surface area (TPSA) is 85.2 Å². The van der Waals surface area contributed by atoms with Crippen molar-refractivity contribution >= 4 is 40.9 Å². The van der Waals surface area contributed by atoms with Crippen LogP contribution in [0.5, 0.6) is 0 Å². The van der Waals surface area contributed by atoms with Gasteiger partial charge in [0.1, 0.15) is 12.5 Å². The first-order valence-electron chi connectivity index (χ1n) is 7.89. The number of carbonyl (C=O) groups excluding carboxylic acids is 2. The number of aliphatic imine (C=N–C) groups is 1. The van der Waals surface area contributed by atoms with Gasteiger partial charge in [-0.15, -0.1) is 0 Å². The fourth-order valence-corrected chi connectivity index (χ4v) is 3.47. The SMILES string of the molecule is COC(=O)C1C(C)=NC(C)=C(C(=O)OCCO)C1c1cccc(Cl)c1Cl. The summed E-state index contributed by atoms with van der Waals surface area (Å²) in [6.45, 7) is 2.85. The number of allylic oxidation sites excluding steroid dienone is 1. The van der Waals surface area contributed by atoms with Gasteiger partial charge >= 0.3 is 11.9 Å². The smallest absolute Gasteiger partial charge is 0.336 e. The van der Waals surface area contributed by atoms with Crippen LogP contribution in [0.3, 0.4) is 0 Å². The molecule has 2 rings (SSSR count). The quantitative estimate of drug-likeness (QED) is 0.768. The molecule has 1 heterocycles. The Bertz CT molecular complexity index is 788. The van der Waals surface area contributed by atoms with Crippen LogP contribution in [-0.2, 0) is 19.1 Å². The highest BCUT2D eigenvalue weighted by atomic mass is 35.5. The maximum atomic E-state index is 12.6. The van der Waals surface area contributed by atoms with E-state index >= 15 is 0 Å². The van der Waals surface area contributed by atoms with Crippen LogP contribution in [0.15, 0.2) is 34.5 Å². The van der Waals surface area contributed by atoms with Crippen molar-refractivity contribution < 1.29 is 24.2 Å². The fourth-order valence-electron chi connectivity index (χ4n) is 3.05. The second-order valence-corrected chi connectivity index (χ2v) is 6.52. The summed E-state index contributed by atoms with van der Waals surface area (Å²) in [6, 6.07) is 5.00. The number of benzene rings is 1. The Kier molecular flexibility index (Phi) is 6.81. The highest BCUT2D eigenvalue weighted by Gasteiger charge is 2.43. The highest BCUT2D eigenvalue weighted by molar-refractivity contribution is 6.42. The van der Waals surface area contributed by atoms with Gasteiger partial charge in [-0.1, -0.05) is 35.3 Å². The summed E-state index contributed by atoms with van der Waals surface area (Å²) in [5, 5.41) is 9.47. The van der Waals surface area contributed by atoms with Gasteiger partial charge in [0, 0.05) is 17.3 Å². The summed E-state index contributed by atoms with van der Waals surface area (Å²) < 4.78 is 9.99. The van der Waals surface area contributed by atoms with Crippen LogP contribution >= 0.6 is 23.2 Å². The Balaban J connectivity index is 2.67. The number of hydrogen-bond acceptors (Lipinski definition) is 6. The minimum absolute atomic E-state index is 0.169. The number of nitrogens with zero attached hydrogens (tertiary/aromatic N) is 1. The Hall–Kier alpha value is -1.89. The molecule has 0 saturated carbocycles. The minimum Gasteiger partial charge on any atom is -0.468 e. The molecule has 2 unspecified atom stereocenters. The number of halogens is 2. The molecule has 1 aromatic carbocycles. The Morgan fingerprint density at radius 2 is 1.96 bits per heavy atom. The van der Waals surface area contributed by atoms with Crippen LogP contribution < -0.4 is 0 Å². The number of hydrogen-bond donors (Lipinski definition) is 1. The van der Waals surface area contributed by atoms with Gasteiger partial charge in [-0.3, -0.25) is 9.79 Å². The average molecular weight is 400 g/mol. The third-order valence-corrected chi connectivity index (χ3v) is 4.98. The molecule has 0 radical (unpaired) electrons. The van der Waals surface area contributed by atoms with Crippen LogP contribution in [0.25, 0.3) is 0 Å². The fraction of sp³-hybridized carbons (Fsp3) is 0.389. The molecule has 0 aromatic heterocycles. The van der Waals surface area contributed by atoms with Gasteiger partial charge in [0.15, 0.2) is 0 Å². The standard InChI is InChI=1S/C18H19Cl2NO5/c1-9-13(17(23)25-3)15(11-5-4-6-12(19)16(11)20)14(10(2)21-9)18(24)26-8-7-22/h4-6,13,15,22H,7-8H2,1-3H3. The van der Waals surface area contributed by atoms with Crippen LogP contribution in [0.1, 0.15) is 25.3 Å². The first-order valence-corrected chi connectivity index (χ1v) is 8.64. The maximum Gasteiger partial charge on any atom is 0.336 e. The van der Waals surface area contributed by atoms with Crippen LogP contribution in [0.2, 0.25) is 10.0 Å². The number of aliphatic hydroxyl groups excluding tert-OH is 1. The van der Waals surface area contributed by atoms with E-state index < -0.39 is 23.8 Å². The second-order valence-electron chi connectivity index (χ2n) is 5.73. The predicted molar refractivity (Wildman–Crippen MR) is 98.6 cm³/mol. The normalized spacial score (nSPS) is 19.8. The van der Waals surface area contributed by atoms with Gasteiger partial charge in [-0.05, 0) is 25.5 Å². The summed E-state index contributed by atoms with van der Waals surface area (Å²) in [5.74, 6) is -2.84. The van der Waals surface area contributed by atoms with Crippen molar-refractivity contribution in [2.45, 2.75) is 19.8 Å². The zero-order valence-corrected chi connectivity index (χ0v) is 16.1. The van der Waals surface area contributed by atoms with E-state index in [4.69, 9.17) is 37.8 Å². The van der Waals surface area contributed by atoms with Crippen molar-refractivity contribution in [2.75, 3.05) is 20.3 Å². The van der Waals surface area contributed by atoms with Crippen molar-refractivity contribution in [3.8, 4) is 0 Å². The lowest BCUT2D eigenvalue weighted by molar-refractivity contribution is -0.144. The maximum absolute atomic E-state index is 12.6. The van der Waals surface area contributed by atoms with Gasteiger partial charge in [-0.2, -0.15) is 0 Å². The molecule has 1 aliphatic rings. The monoisotopic (exact) mass is 399 g/mol. The molecule has 0 aliphatic carbocycles. The third-order valence-electron chi connectivity index (χ3n) is 4.14. The Morgan fingerprint density at radius 1 is 1.27 bits per heavy atom. The molecule has 0 saturated heterocycles. The lowest BCUT2D eigenvalue weighted by atomic mass is 9.75. The number of aliphatic hydroxyl groups is 1. The predicted octanol–water partition coefficient (Wildman–Crippen LogP) is 3.15.